The summed E-state index contributed by atoms with van der Waals surface area (Å²) in [6, 6.07) is 21.2. The van der Waals surface area contributed by atoms with Crippen molar-refractivity contribution in [3.63, 3.8) is 0 Å². The first-order chi connectivity index (χ1) is 16.8. The number of fused-ring (bicyclic) bond motifs is 1. The summed E-state index contributed by atoms with van der Waals surface area (Å²) in [4.78, 5) is 10.6. The van der Waals surface area contributed by atoms with Crippen LogP contribution in [-0.4, -0.2) is 34.5 Å². The van der Waals surface area contributed by atoms with E-state index in [0.29, 0.717) is 13.2 Å². The van der Waals surface area contributed by atoms with Crippen LogP contribution in [0.25, 0.3) is 22.5 Å². The van der Waals surface area contributed by atoms with Gasteiger partial charge >= 0.3 is 0 Å². The second-order valence-electron chi connectivity index (χ2n) is 8.47. The maximum atomic E-state index is 6.22. The summed E-state index contributed by atoms with van der Waals surface area (Å²) >= 11 is 1.75. The number of ether oxygens (including phenoxy) is 2. The fourth-order valence-electron chi connectivity index (χ4n) is 4.60. The second kappa shape index (κ2) is 10.5. The van der Waals surface area contributed by atoms with Gasteiger partial charge in [-0.1, -0.05) is 24.3 Å². The first-order valence-corrected chi connectivity index (χ1v) is 12.9. The van der Waals surface area contributed by atoms with E-state index in [1.54, 1.807) is 18.9 Å². The molecule has 1 aliphatic heterocycles. The number of benzene rings is 2. The van der Waals surface area contributed by atoms with E-state index < -0.39 is 0 Å². The Morgan fingerprint density at radius 1 is 0.971 bits per heavy atom. The van der Waals surface area contributed by atoms with Gasteiger partial charge in [-0.3, -0.25) is 4.98 Å². The Kier molecular flexibility index (Phi) is 6.97. The predicted molar refractivity (Wildman–Crippen MR) is 137 cm³/mol. The summed E-state index contributed by atoms with van der Waals surface area (Å²) in [5.41, 5.74) is 5.62. The molecular weight excluding hydrogens is 442 g/mol. The molecule has 0 spiro atoms. The molecule has 5 rings (SSSR count). The van der Waals surface area contributed by atoms with Gasteiger partial charge in [0.05, 0.1) is 37.8 Å². The minimum Gasteiger partial charge on any atom is -0.497 e. The van der Waals surface area contributed by atoms with Crippen molar-refractivity contribution >= 4 is 11.8 Å². The molecule has 5 nitrogen and oxygen atoms in total. The first kappa shape index (κ1) is 22.7. The first-order valence-electron chi connectivity index (χ1n) is 11.6. The third-order valence-corrected chi connectivity index (χ3v) is 7.09. The Labute approximate surface area is 205 Å². The summed E-state index contributed by atoms with van der Waals surface area (Å²) in [5, 5.41) is 0. The van der Waals surface area contributed by atoms with Crippen molar-refractivity contribution in [2.24, 2.45) is 0 Å². The molecule has 0 radical (unpaired) electrons. The number of nitrogens with zero attached hydrogens (tertiary/aromatic N) is 3. The molecule has 4 aromatic rings. The summed E-state index contributed by atoms with van der Waals surface area (Å²) in [5.74, 6) is 2.00. The second-order valence-corrected chi connectivity index (χ2v) is 9.35. The lowest BCUT2D eigenvalue weighted by atomic mass is 10.0. The summed E-state index contributed by atoms with van der Waals surface area (Å²) in [7, 11) is 1.68. The van der Waals surface area contributed by atoms with Crippen LogP contribution in [0.3, 0.4) is 0 Å². The van der Waals surface area contributed by atoms with Crippen LogP contribution in [0, 0.1) is 0 Å². The van der Waals surface area contributed by atoms with E-state index in [2.05, 4.69) is 64.3 Å². The van der Waals surface area contributed by atoms with Crippen LogP contribution in [0.1, 0.15) is 30.3 Å². The molecule has 0 aliphatic carbocycles. The van der Waals surface area contributed by atoms with E-state index in [0.717, 1.165) is 58.9 Å². The zero-order chi connectivity index (χ0) is 23.3. The zero-order valence-corrected chi connectivity index (χ0v) is 20.4. The number of pyridine rings is 1. The van der Waals surface area contributed by atoms with Crippen LogP contribution in [-0.2, 0) is 17.8 Å². The molecule has 174 valence electrons. The van der Waals surface area contributed by atoms with Crippen molar-refractivity contribution in [3.8, 4) is 28.3 Å². The van der Waals surface area contributed by atoms with E-state index in [1.807, 2.05) is 24.5 Å². The van der Waals surface area contributed by atoms with Gasteiger partial charge in [-0.05, 0) is 61.1 Å². The zero-order valence-electron chi connectivity index (χ0n) is 19.6. The van der Waals surface area contributed by atoms with Gasteiger partial charge in [0.15, 0.2) is 0 Å². The van der Waals surface area contributed by atoms with Crippen LogP contribution in [0.2, 0.25) is 0 Å². The lowest BCUT2D eigenvalue weighted by Crippen LogP contribution is -2.23. The van der Waals surface area contributed by atoms with Crippen LogP contribution in [0.15, 0.2) is 78.0 Å². The van der Waals surface area contributed by atoms with Gasteiger partial charge < -0.3 is 14.0 Å². The minimum absolute atomic E-state index is 0.247. The molecule has 0 bridgehead atoms. The smallest absolute Gasteiger partial charge is 0.118 e. The molecule has 0 saturated heterocycles. The summed E-state index contributed by atoms with van der Waals surface area (Å²) in [6.07, 6.45) is 8.99. The molecule has 0 saturated carbocycles. The highest BCUT2D eigenvalue weighted by Crippen LogP contribution is 2.39. The van der Waals surface area contributed by atoms with E-state index in [9.17, 15) is 0 Å². The maximum absolute atomic E-state index is 6.22. The number of hydrogen-bond donors (Lipinski definition) is 0. The number of methoxy groups -OCH3 is 1. The highest BCUT2D eigenvalue weighted by molar-refractivity contribution is 7.98. The van der Waals surface area contributed by atoms with E-state index >= 15 is 0 Å². The average molecular weight is 472 g/mol. The standard InChI is InChI=1S/C28H29N3O2S/c1-32-24-10-6-20(7-11-24)18-33-19-23-4-3-5-26-30-27(21-8-12-25(34-2)13-9-21)28(31(23)26)22-14-16-29-17-15-22/h6-17,23H,3-5,18-19H2,1-2H3. The fraction of sp³-hybridized carbons (Fsp3) is 0.286. The average Bonchev–Trinajstić information content (AvgIpc) is 3.30. The molecule has 2 aromatic heterocycles. The van der Waals surface area contributed by atoms with Crippen molar-refractivity contribution < 1.29 is 9.47 Å². The molecule has 0 amide bonds. The molecular formula is C28H29N3O2S. The van der Waals surface area contributed by atoms with Gasteiger partial charge in [-0.15, -0.1) is 11.8 Å². The third-order valence-electron chi connectivity index (χ3n) is 6.34. The Balaban J connectivity index is 1.46. The highest BCUT2D eigenvalue weighted by Gasteiger charge is 2.28. The van der Waals surface area contributed by atoms with Crippen molar-refractivity contribution in [2.45, 2.75) is 36.8 Å². The molecule has 1 unspecified atom stereocenters. The molecule has 2 aromatic carbocycles. The number of hydrogen-bond acceptors (Lipinski definition) is 5. The molecule has 0 fully saturated rings. The Bertz CT molecular complexity index is 1220. The minimum atomic E-state index is 0.247. The fourth-order valence-corrected chi connectivity index (χ4v) is 5.01. The van der Waals surface area contributed by atoms with Crippen LogP contribution >= 0.6 is 11.8 Å². The number of imidazole rings is 1. The van der Waals surface area contributed by atoms with Crippen molar-refractivity contribution in [2.75, 3.05) is 20.0 Å². The monoisotopic (exact) mass is 471 g/mol. The van der Waals surface area contributed by atoms with Crippen LogP contribution < -0.4 is 4.74 Å². The Hall–Kier alpha value is -3.09. The SMILES string of the molecule is COc1ccc(COCC2CCCc3nc(-c4ccc(SC)cc4)c(-c4ccncc4)n32)cc1. The summed E-state index contributed by atoms with van der Waals surface area (Å²) in [6.45, 7) is 1.23. The van der Waals surface area contributed by atoms with E-state index in [4.69, 9.17) is 14.5 Å². The van der Waals surface area contributed by atoms with Gasteiger partial charge in [0.25, 0.3) is 0 Å². The van der Waals surface area contributed by atoms with Crippen LogP contribution in [0.4, 0.5) is 0 Å². The largest absolute Gasteiger partial charge is 0.497 e. The maximum Gasteiger partial charge on any atom is 0.118 e. The number of thioether (sulfide) groups is 1. The van der Waals surface area contributed by atoms with E-state index in [1.165, 1.54) is 4.90 Å². The molecule has 6 heteroatoms. The molecule has 34 heavy (non-hydrogen) atoms. The number of aryl methyl sites for hydroxylation is 1. The van der Waals surface area contributed by atoms with Crippen molar-refractivity contribution in [3.05, 3.63) is 84.4 Å². The van der Waals surface area contributed by atoms with Gasteiger partial charge in [0.2, 0.25) is 0 Å². The van der Waals surface area contributed by atoms with Gasteiger partial charge in [-0.25, -0.2) is 4.98 Å². The third kappa shape index (κ3) is 4.74. The van der Waals surface area contributed by atoms with Crippen molar-refractivity contribution in [1.82, 2.24) is 14.5 Å². The number of rotatable bonds is 8. The van der Waals surface area contributed by atoms with Crippen molar-refractivity contribution in [1.29, 1.82) is 0 Å². The quantitative estimate of drug-likeness (QED) is 0.277. The molecule has 1 aliphatic rings. The van der Waals surface area contributed by atoms with Gasteiger partial charge in [-0.2, -0.15) is 0 Å². The highest BCUT2D eigenvalue weighted by atomic mass is 32.2. The molecule has 1 atom stereocenters. The Morgan fingerprint density at radius 3 is 2.44 bits per heavy atom. The van der Waals surface area contributed by atoms with Crippen LogP contribution in [0.5, 0.6) is 5.75 Å². The lowest BCUT2D eigenvalue weighted by Gasteiger charge is -2.27. The van der Waals surface area contributed by atoms with E-state index in [-0.39, 0.29) is 6.04 Å². The molecule has 0 N–H and O–H groups in total. The normalized spacial score (nSPS) is 15.2. The Morgan fingerprint density at radius 2 is 1.74 bits per heavy atom. The molecule has 3 heterocycles. The number of aromatic nitrogens is 3. The topological polar surface area (TPSA) is 49.2 Å². The lowest BCUT2D eigenvalue weighted by molar-refractivity contribution is 0.0827. The van der Waals surface area contributed by atoms with Gasteiger partial charge in [0, 0.05) is 34.8 Å². The summed E-state index contributed by atoms with van der Waals surface area (Å²) < 4.78 is 13.9. The predicted octanol–water partition coefficient (Wildman–Crippen LogP) is 6.44. The van der Waals surface area contributed by atoms with Gasteiger partial charge in [0.1, 0.15) is 11.6 Å².